The standard InChI is InChI=1S/C77H73N4O.Pt/c1-50-42-72(78-48-65(50)52-34-37-54(38-35-52)74(2,3)4)81-68-31-20-18-29-61(68)62-41-39-58(47-71(62)81)82-57-27-23-26-56(46-57)79-49-80(70-33-22-21-32-69(70)79)73-63(59-28-17-19-30-66(59)76(8,9)10)44-55(75(5,6)7)45-64(73)60-40-36-53(43-67(60)77(11,12)13)51-24-15-14-16-25-51;/h14-45,48-49H,1-13H3;/q-3;/i1D3;. The van der Waals surface area contributed by atoms with Gasteiger partial charge in [-0.3, -0.25) is 0 Å². The van der Waals surface area contributed by atoms with Crippen LogP contribution in [0.3, 0.4) is 0 Å². The van der Waals surface area contributed by atoms with Gasteiger partial charge in [0, 0.05) is 82.1 Å². The maximum Gasteiger partial charge on any atom is 0.135 e. The Balaban J connectivity index is 0.00000768. The van der Waals surface area contributed by atoms with Crippen molar-refractivity contribution in [1.82, 2.24) is 9.55 Å². The zero-order valence-corrected chi connectivity index (χ0v) is 51.9. The summed E-state index contributed by atoms with van der Waals surface area (Å²) in [5, 5.41) is 1.92. The number of nitrogens with zero attached hydrogens (tertiary/aromatic N) is 4. The van der Waals surface area contributed by atoms with Crippen LogP contribution in [0.5, 0.6) is 11.5 Å². The van der Waals surface area contributed by atoms with E-state index >= 15 is 0 Å². The number of rotatable bonds is 9. The second-order valence-electron chi connectivity index (χ2n) is 26.0. The van der Waals surface area contributed by atoms with E-state index in [9.17, 15) is 0 Å². The number of hydrogen-bond donors (Lipinski definition) is 0. The molecule has 9 aromatic carbocycles. The first-order valence-corrected chi connectivity index (χ1v) is 28.6. The average molecular weight is 1270 g/mol. The van der Waals surface area contributed by atoms with Crippen molar-refractivity contribution in [2.24, 2.45) is 0 Å². The minimum atomic E-state index is -2.42. The van der Waals surface area contributed by atoms with Gasteiger partial charge in [-0.25, -0.2) is 4.98 Å². The molecule has 12 rings (SSSR count). The van der Waals surface area contributed by atoms with Crippen LogP contribution in [-0.2, 0) is 42.7 Å². The Morgan fingerprint density at radius 3 is 1.76 bits per heavy atom. The number of aryl methyl sites for hydroxylation is 1. The van der Waals surface area contributed by atoms with Gasteiger partial charge in [0.1, 0.15) is 5.82 Å². The molecule has 2 aromatic heterocycles. The second kappa shape index (κ2) is 21.6. The first kappa shape index (κ1) is 53.1. The number of hydrogen-bond acceptors (Lipinski definition) is 4. The summed E-state index contributed by atoms with van der Waals surface area (Å²) in [5.41, 5.74) is 18.5. The zero-order valence-electron chi connectivity index (χ0n) is 52.6. The molecular formula is C77H73N4OPt-3. The molecule has 0 saturated heterocycles. The van der Waals surface area contributed by atoms with Gasteiger partial charge in [-0.05, 0) is 126 Å². The van der Waals surface area contributed by atoms with Crippen LogP contribution < -0.4 is 14.5 Å². The van der Waals surface area contributed by atoms with Gasteiger partial charge in [0.05, 0.1) is 0 Å². The molecule has 0 amide bonds. The predicted octanol–water partition coefficient (Wildman–Crippen LogP) is 21.1. The van der Waals surface area contributed by atoms with Crippen molar-refractivity contribution in [3.05, 3.63) is 247 Å². The van der Waals surface area contributed by atoms with Gasteiger partial charge in [-0.1, -0.05) is 216 Å². The van der Waals surface area contributed by atoms with Crippen LogP contribution in [0.1, 0.15) is 115 Å². The van der Waals surface area contributed by atoms with Crippen molar-refractivity contribution >= 4 is 44.6 Å². The molecule has 0 fully saturated rings. The van der Waals surface area contributed by atoms with Crippen LogP contribution in [-0.4, -0.2) is 9.55 Å². The van der Waals surface area contributed by atoms with Crippen LogP contribution in [0.4, 0.5) is 22.7 Å². The smallest absolute Gasteiger partial charge is 0.135 e. The topological polar surface area (TPSA) is 33.5 Å². The summed E-state index contributed by atoms with van der Waals surface area (Å²) in [5.74, 6) is 1.46. The van der Waals surface area contributed by atoms with Crippen LogP contribution in [0, 0.1) is 25.7 Å². The van der Waals surface area contributed by atoms with Crippen LogP contribution in [0.15, 0.2) is 200 Å². The fourth-order valence-electron chi connectivity index (χ4n) is 11.7. The van der Waals surface area contributed by atoms with Gasteiger partial charge in [0.25, 0.3) is 0 Å². The van der Waals surface area contributed by atoms with E-state index in [4.69, 9.17) is 13.8 Å². The van der Waals surface area contributed by atoms with Crippen molar-refractivity contribution in [2.75, 3.05) is 9.80 Å². The number of benzene rings is 9. The first-order chi connectivity index (χ1) is 40.3. The SMILES string of the molecule is [2H]C([2H])([2H])c1cc(-n2c3[c-]c(Oc4[c-]c(N5[CH-]N(c6c(-c7ccccc7C(C)(C)C)cc(C(C)(C)C)cc6-c6ccc(-c7ccccc7)cc6C(C)(C)C)c6ccccc65)ccc4)ccc3c3ccccc32)ncc1-c1ccc(C(C)(C)C)cc1.[Pt]. The average Bonchev–Trinajstić information content (AvgIpc) is 1.42. The molecule has 0 aliphatic carbocycles. The van der Waals surface area contributed by atoms with Crippen molar-refractivity contribution in [1.29, 1.82) is 0 Å². The maximum absolute atomic E-state index is 8.75. The zero-order chi connectivity index (χ0) is 60.0. The normalized spacial score (nSPS) is 13.6. The van der Waals surface area contributed by atoms with E-state index in [0.717, 1.165) is 55.7 Å². The molecular weight excluding hydrogens is 1190 g/mol. The molecule has 6 heteroatoms. The molecule has 5 nitrogen and oxygen atoms in total. The molecule has 0 N–H and O–H groups in total. The molecule has 0 radical (unpaired) electrons. The van der Waals surface area contributed by atoms with Gasteiger partial charge >= 0.3 is 0 Å². The van der Waals surface area contributed by atoms with E-state index in [0.29, 0.717) is 28.4 Å². The molecule has 3 heterocycles. The third kappa shape index (κ3) is 10.9. The number of para-hydroxylation sites is 3. The van der Waals surface area contributed by atoms with E-state index < -0.39 is 6.85 Å². The van der Waals surface area contributed by atoms with E-state index in [1.54, 1.807) is 12.3 Å². The van der Waals surface area contributed by atoms with Gasteiger partial charge in [-0.15, -0.1) is 48.1 Å². The molecule has 420 valence electrons. The summed E-state index contributed by atoms with van der Waals surface area (Å²) in [7, 11) is 0. The van der Waals surface area contributed by atoms with Crippen LogP contribution >= 0.6 is 0 Å². The number of pyridine rings is 1. The van der Waals surface area contributed by atoms with E-state index in [-0.39, 0.29) is 48.3 Å². The van der Waals surface area contributed by atoms with E-state index in [1.165, 1.54) is 44.5 Å². The summed E-state index contributed by atoms with van der Waals surface area (Å²) in [4.78, 5) is 9.61. The molecule has 1 aliphatic heterocycles. The number of fused-ring (bicyclic) bond motifs is 4. The molecule has 0 bridgehead atoms. The Morgan fingerprint density at radius 1 is 0.458 bits per heavy atom. The number of anilines is 4. The number of ether oxygens (including phenoxy) is 1. The molecule has 0 spiro atoms. The molecule has 0 unspecified atom stereocenters. The summed E-state index contributed by atoms with van der Waals surface area (Å²) in [6.07, 6.45) is 1.69. The fourth-order valence-corrected chi connectivity index (χ4v) is 11.7. The Labute approximate surface area is 511 Å². The Bertz CT molecular complexity index is 4340. The first-order valence-electron chi connectivity index (χ1n) is 30.1. The predicted molar refractivity (Wildman–Crippen MR) is 346 cm³/mol. The summed E-state index contributed by atoms with van der Waals surface area (Å²) < 4.78 is 35.0. The van der Waals surface area contributed by atoms with Crippen LogP contribution in [0.25, 0.3) is 72.1 Å². The third-order valence-corrected chi connectivity index (χ3v) is 16.1. The molecule has 1 aliphatic rings. The third-order valence-electron chi connectivity index (χ3n) is 16.1. The minimum Gasteiger partial charge on any atom is -0.509 e. The number of aromatic nitrogens is 2. The van der Waals surface area contributed by atoms with Gasteiger partial charge in [0.15, 0.2) is 0 Å². The summed E-state index contributed by atoms with van der Waals surface area (Å²) in [6, 6.07) is 75.4. The Hall–Kier alpha value is -7.98. The second-order valence-corrected chi connectivity index (χ2v) is 26.0. The Morgan fingerprint density at radius 2 is 1.07 bits per heavy atom. The quantitative estimate of drug-likeness (QED) is 0.135. The minimum absolute atomic E-state index is 0. The Kier molecular flexibility index (Phi) is 13.8. The monoisotopic (exact) mass is 1270 g/mol. The van der Waals surface area contributed by atoms with E-state index in [1.807, 2.05) is 59.2 Å². The largest absolute Gasteiger partial charge is 0.509 e. The summed E-state index contributed by atoms with van der Waals surface area (Å²) >= 11 is 0. The van der Waals surface area contributed by atoms with E-state index in [2.05, 4.69) is 245 Å². The maximum atomic E-state index is 8.75. The van der Waals surface area contributed by atoms with Crippen molar-refractivity contribution in [2.45, 2.75) is 112 Å². The van der Waals surface area contributed by atoms with Crippen molar-refractivity contribution in [3.63, 3.8) is 0 Å². The van der Waals surface area contributed by atoms with Gasteiger partial charge < -0.3 is 19.1 Å². The summed E-state index contributed by atoms with van der Waals surface area (Å²) in [6.45, 7) is 27.1. The van der Waals surface area contributed by atoms with Gasteiger partial charge in [0.2, 0.25) is 0 Å². The fraction of sp³-hybridized carbons (Fsp3) is 0.221. The molecule has 0 saturated carbocycles. The van der Waals surface area contributed by atoms with Crippen LogP contribution in [0.2, 0.25) is 0 Å². The molecule has 83 heavy (non-hydrogen) atoms. The van der Waals surface area contributed by atoms with Crippen molar-refractivity contribution in [3.8, 4) is 61.8 Å². The van der Waals surface area contributed by atoms with Gasteiger partial charge in [-0.2, -0.15) is 12.1 Å². The molecule has 0 atom stereocenters. The molecule has 11 aromatic rings. The van der Waals surface area contributed by atoms with Crippen molar-refractivity contribution < 1.29 is 29.9 Å².